The van der Waals surface area contributed by atoms with Crippen molar-refractivity contribution < 1.29 is 0 Å². The summed E-state index contributed by atoms with van der Waals surface area (Å²) in [7, 11) is 0. The molecule has 0 nitrogen and oxygen atoms in total. The van der Waals surface area contributed by atoms with Crippen LogP contribution in [0.1, 0.15) is 126 Å². The van der Waals surface area contributed by atoms with E-state index in [9.17, 15) is 0 Å². The zero-order valence-electron chi connectivity index (χ0n) is 18.6. The van der Waals surface area contributed by atoms with Crippen molar-refractivity contribution in [1.29, 1.82) is 0 Å². The molecule has 0 rings (SSSR count). The fraction of sp³-hybridized carbons (Fsp3) is 1.00. The molecule has 3 unspecified atom stereocenters. The third-order valence-corrected chi connectivity index (χ3v) is 5.69. The highest BCUT2D eigenvalue weighted by Gasteiger charge is 2.19. The zero-order chi connectivity index (χ0) is 18.6. The first-order chi connectivity index (χ1) is 11.1. The van der Waals surface area contributed by atoms with Gasteiger partial charge in [-0.3, -0.25) is 0 Å². The Labute approximate surface area is 155 Å². The monoisotopic (exact) mass is 338 g/mol. The minimum Gasteiger partial charge on any atom is -0.0651 e. The van der Waals surface area contributed by atoms with Crippen LogP contribution < -0.4 is 0 Å². The quantitative estimate of drug-likeness (QED) is 0.296. The van der Waals surface area contributed by atoms with Crippen LogP contribution in [0.5, 0.6) is 0 Å². The van der Waals surface area contributed by atoms with Crippen molar-refractivity contribution in [3.63, 3.8) is 0 Å². The summed E-state index contributed by atoms with van der Waals surface area (Å²) in [5.41, 5.74) is 0.490. The molecule has 0 saturated carbocycles. The zero-order valence-corrected chi connectivity index (χ0v) is 18.6. The Balaban J connectivity index is 4.02. The minimum atomic E-state index is 0.490. The maximum absolute atomic E-state index is 2.48. The van der Waals surface area contributed by atoms with E-state index in [0.29, 0.717) is 5.41 Å². The predicted octanol–water partition coefficient (Wildman–Crippen LogP) is 8.89. The largest absolute Gasteiger partial charge is 0.0651 e. The highest BCUT2D eigenvalue weighted by Crippen LogP contribution is 2.32. The van der Waals surface area contributed by atoms with Gasteiger partial charge in [-0.2, -0.15) is 0 Å². The van der Waals surface area contributed by atoms with Gasteiger partial charge in [0.25, 0.3) is 0 Å². The van der Waals surface area contributed by atoms with Crippen LogP contribution in [0, 0.1) is 29.1 Å². The standard InChI is InChI=1S/C24H50/c1-9-21(4)14-11-15-22(5)16-12-18-23(19-24(6,7)8)17-10-13-20(2)3/h20-23H,9-19H2,1-8H3. The summed E-state index contributed by atoms with van der Waals surface area (Å²) < 4.78 is 0. The molecule has 0 spiro atoms. The van der Waals surface area contributed by atoms with Gasteiger partial charge >= 0.3 is 0 Å². The first-order valence-electron chi connectivity index (χ1n) is 11.1. The molecule has 0 radical (unpaired) electrons. The second-order valence-electron chi connectivity index (χ2n) is 10.4. The second-order valence-corrected chi connectivity index (χ2v) is 10.4. The molecule has 0 saturated heterocycles. The Kier molecular flexibility index (Phi) is 13.2. The van der Waals surface area contributed by atoms with Crippen LogP contribution in [0.2, 0.25) is 0 Å². The molecule has 0 bridgehead atoms. The molecule has 0 aliphatic carbocycles. The van der Waals surface area contributed by atoms with E-state index < -0.39 is 0 Å². The average molecular weight is 339 g/mol. The SMILES string of the molecule is CCC(C)CCCC(C)CCCC(CCCC(C)C)CC(C)(C)C. The van der Waals surface area contributed by atoms with Gasteiger partial charge in [0.1, 0.15) is 0 Å². The van der Waals surface area contributed by atoms with Crippen LogP contribution in [-0.4, -0.2) is 0 Å². The summed E-state index contributed by atoms with van der Waals surface area (Å²) in [5.74, 6) is 3.68. The van der Waals surface area contributed by atoms with E-state index in [1.807, 2.05) is 0 Å². The van der Waals surface area contributed by atoms with Crippen molar-refractivity contribution >= 4 is 0 Å². The van der Waals surface area contributed by atoms with E-state index in [0.717, 1.165) is 23.7 Å². The second kappa shape index (κ2) is 13.2. The number of hydrogen-bond donors (Lipinski definition) is 0. The molecule has 0 heterocycles. The molecule has 0 aliphatic rings. The van der Waals surface area contributed by atoms with Crippen molar-refractivity contribution in [3.8, 4) is 0 Å². The fourth-order valence-electron chi connectivity index (χ4n) is 3.95. The Morgan fingerprint density at radius 3 is 1.54 bits per heavy atom. The van der Waals surface area contributed by atoms with E-state index in [1.54, 1.807) is 0 Å². The van der Waals surface area contributed by atoms with Crippen LogP contribution in [0.3, 0.4) is 0 Å². The Hall–Kier alpha value is 0. The third kappa shape index (κ3) is 15.5. The number of hydrogen-bond acceptors (Lipinski definition) is 0. The Morgan fingerprint density at radius 1 is 0.625 bits per heavy atom. The summed E-state index contributed by atoms with van der Waals surface area (Å²) in [5, 5.41) is 0. The summed E-state index contributed by atoms with van der Waals surface area (Å²) in [4.78, 5) is 0. The summed E-state index contributed by atoms with van der Waals surface area (Å²) >= 11 is 0. The third-order valence-electron chi connectivity index (χ3n) is 5.69. The normalized spacial score (nSPS) is 16.4. The molecule has 0 N–H and O–H groups in total. The molecule has 3 atom stereocenters. The van der Waals surface area contributed by atoms with E-state index in [-0.39, 0.29) is 0 Å². The van der Waals surface area contributed by atoms with Gasteiger partial charge in [0.15, 0.2) is 0 Å². The van der Waals surface area contributed by atoms with Gasteiger partial charge in [0.2, 0.25) is 0 Å². The van der Waals surface area contributed by atoms with E-state index in [2.05, 4.69) is 55.4 Å². The van der Waals surface area contributed by atoms with Crippen LogP contribution in [0.4, 0.5) is 0 Å². The molecular formula is C24H50. The van der Waals surface area contributed by atoms with Crippen molar-refractivity contribution in [1.82, 2.24) is 0 Å². The van der Waals surface area contributed by atoms with Gasteiger partial charge in [-0.15, -0.1) is 0 Å². The molecule has 0 aromatic rings. The molecule has 0 aliphatic heterocycles. The molecular weight excluding hydrogens is 288 g/mol. The van der Waals surface area contributed by atoms with Crippen molar-refractivity contribution in [2.75, 3.05) is 0 Å². The molecule has 0 amide bonds. The van der Waals surface area contributed by atoms with Gasteiger partial charge in [-0.25, -0.2) is 0 Å². The Morgan fingerprint density at radius 2 is 1.08 bits per heavy atom. The van der Waals surface area contributed by atoms with Gasteiger partial charge < -0.3 is 0 Å². The molecule has 24 heavy (non-hydrogen) atoms. The molecule has 0 aromatic carbocycles. The highest BCUT2D eigenvalue weighted by molar-refractivity contribution is 4.71. The lowest BCUT2D eigenvalue weighted by Crippen LogP contribution is -2.14. The van der Waals surface area contributed by atoms with Crippen LogP contribution in [0.25, 0.3) is 0 Å². The molecule has 0 fully saturated rings. The molecule has 146 valence electrons. The topological polar surface area (TPSA) is 0 Å². The smallest absolute Gasteiger partial charge is 0.0380 e. The van der Waals surface area contributed by atoms with Crippen LogP contribution in [0.15, 0.2) is 0 Å². The van der Waals surface area contributed by atoms with Gasteiger partial charge in [0.05, 0.1) is 0 Å². The lowest BCUT2D eigenvalue weighted by atomic mass is 9.79. The fourth-order valence-corrected chi connectivity index (χ4v) is 3.95. The summed E-state index contributed by atoms with van der Waals surface area (Å²) in [6.45, 7) is 19.2. The van der Waals surface area contributed by atoms with Gasteiger partial charge in [-0.05, 0) is 35.5 Å². The highest BCUT2D eigenvalue weighted by atomic mass is 14.2. The van der Waals surface area contributed by atoms with Crippen molar-refractivity contribution in [3.05, 3.63) is 0 Å². The Bertz CT molecular complexity index is 270. The first-order valence-corrected chi connectivity index (χ1v) is 11.1. The lowest BCUT2D eigenvalue weighted by Gasteiger charge is -2.27. The summed E-state index contributed by atoms with van der Waals surface area (Å²) in [6, 6.07) is 0. The van der Waals surface area contributed by atoms with Gasteiger partial charge in [-0.1, -0.05) is 120 Å². The van der Waals surface area contributed by atoms with Crippen LogP contribution >= 0.6 is 0 Å². The van der Waals surface area contributed by atoms with Crippen molar-refractivity contribution in [2.24, 2.45) is 29.1 Å². The minimum absolute atomic E-state index is 0.490. The first kappa shape index (κ1) is 24.0. The predicted molar refractivity (Wildman–Crippen MR) is 113 cm³/mol. The van der Waals surface area contributed by atoms with Crippen LogP contribution in [-0.2, 0) is 0 Å². The maximum atomic E-state index is 2.48. The number of rotatable bonds is 14. The lowest BCUT2D eigenvalue weighted by molar-refractivity contribution is 0.254. The van der Waals surface area contributed by atoms with Gasteiger partial charge in [0, 0.05) is 0 Å². The maximum Gasteiger partial charge on any atom is -0.0380 e. The van der Waals surface area contributed by atoms with E-state index >= 15 is 0 Å². The van der Waals surface area contributed by atoms with E-state index in [4.69, 9.17) is 0 Å². The summed E-state index contributed by atoms with van der Waals surface area (Å²) in [6.07, 6.45) is 15.7. The average Bonchev–Trinajstić information content (AvgIpc) is 2.44. The molecule has 0 aromatic heterocycles. The molecule has 0 heteroatoms. The van der Waals surface area contributed by atoms with E-state index in [1.165, 1.54) is 70.6 Å². The van der Waals surface area contributed by atoms with Crippen molar-refractivity contribution in [2.45, 2.75) is 126 Å².